The van der Waals surface area contributed by atoms with E-state index in [1.165, 1.54) is 11.8 Å². The highest BCUT2D eigenvalue weighted by atomic mass is 16.2. The van der Waals surface area contributed by atoms with Crippen LogP contribution in [0.3, 0.4) is 0 Å². The lowest BCUT2D eigenvalue weighted by Crippen LogP contribution is -2.38. The van der Waals surface area contributed by atoms with E-state index in [1.54, 1.807) is 36.4 Å². The number of amides is 5. The van der Waals surface area contributed by atoms with Gasteiger partial charge in [-0.25, -0.2) is 4.79 Å². The zero-order valence-electron chi connectivity index (χ0n) is 18.6. The number of rotatable bonds is 7. The highest BCUT2D eigenvalue weighted by molar-refractivity contribution is 6.08. The fourth-order valence-electron chi connectivity index (χ4n) is 3.91. The Morgan fingerprint density at radius 1 is 0.824 bits per heavy atom. The van der Waals surface area contributed by atoms with Crippen LogP contribution >= 0.6 is 0 Å². The molecule has 34 heavy (non-hydrogen) atoms. The van der Waals surface area contributed by atoms with Crippen LogP contribution in [0.25, 0.3) is 0 Å². The van der Waals surface area contributed by atoms with Crippen molar-refractivity contribution in [1.82, 2.24) is 9.80 Å². The first kappa shape index (κ1) is 22.7. The molecule has 1 fully saturated rings. The van der Waals surface area contributed by atoms with Crippen molar-refractivity contribution < 1.29 is 19.2 Å². The van der Waals surface area contributed by atoms with Gasteiger partial charge in [-0.1, -0.05) is 66.7 Å². The molecule has 1 aliphatic rings. The number of nitrogens with one attached hydrogen (secondary N) is 2. The first-order chi connectivity index (χ1) is 16.4. The van der Waals surface area contributed by atoms with Crippen LogP contribution in [0, 0.1) is 0 Å². The predicted molar refractivity (Wildman–Crippen MR) is 128 cm³/mol. The van der Waals surface area contributed by atoms with Gasteiger partial charge in [0.25, 0.3) is 5.91 Å². The van der Waals surface area contributed by atoms with Crippen molar-refractivity contribution in [3.05, 3.63) is 96.1 Å². The van der Waals surface area contributed by atoms with E-state index in [0.717, 1.165) is 10.5 Å². The number of nitrogens with zero attached hydrogens (tertiary/aromatic N) is 2. The van der Waals surface area contributed by atoms with Crippen molar-refractivity contribution in [1.29, 1.82) is 0 Å². The Bertz CT molecular complexity index is 1210. The summed E-state index contributed by atoms with van der Waals surface area (Å²) in [4.78, 5) is 53.1. The smallest absolute Gasteiger partial charge is 0.326 e. The van der Waals surface area contributed by atoms with Crippen LogP contribution in [0.4, 0.5) is 16.2 Å². The molecule has 1 atom stereocenters. The molecule has 0 spiro atoms. The molecule has 1 saturated heterocycles. The normalized spacial score (nSPS) is 15.4. The fourth-order valence-corrected chi connectivity index (χ4v) is 3.91. The van der Waals surface area contributed by atoms with Crippen LogP contribution in [-0.4, -0.2) is 40.1 Å². The number of carbonyl (C=O) groups excluding carboxylic acids is 4. The summed E-state index contributed by atoms with van der Waals surface area (Å²) in [5.41, 5.74) is 2.53. The van der Waals surface area contributed by atoms with Crippen LogP contribution in [0.5, 0.6) is 0 Å². The molecule has 0 aromatic heterocycles. The van der Waals surface area contributed by atoms with Gasteiger partial charge in [-0.2, -0.15) is 0 Å². The molecule has 1 heterocycles. The summed E-state index contributed by atoms with van der Waals surface area (Å²) in [7, 11) is 0. The maximum absolute atomic E-state index is 13.3. The number of carbonyl (C=O) groups is 4. The van der Waals surface area contributed by atoms with E-state index in [9.17, 15) is 19.2 Å². The second-order valence-electron chi connectivity index (χ2n) is 7.94. The van der Waals surface area contributed by atoms with Crippen molar-refractivity contribution in [2.45, 2.75) is 19.5 Å². The maximum atomic E-state index is 13.3. The Labute approximate surface area is 197 Å². The molecule has 8 nitrogen and oxygen atoms in total. The molecule has 0 bridgehead atoms. The molecule has 2 N–H and O–H groups in total. The molecule has 8 heteroatoms. The number of hydrogen-bond acceptors (Lipinski definition) is 4. The zero-order valence-corrected chi connectivity index (χ0v) is 18.6. The van der Waals surface area contributed by atoms with Gasteiger partial charge in [0.05, 0.1) is 0 Å². The topological polar surface area (TPSA) is 98.8 Å². The van der Waals surface area contributed by atoms with Gasteiger partial charge in [0.1, 0.15) is 12.6 Å². The Hall–Kier alpha value is -4.46. The minimum absolute atomic E-state index is 0.234. The molecule has 0 saturated carbocycles. The molecule has 5 amide bonds. The monoisotopic (exact) mass is 456 g/mol. The van der Waals surface area contributed by atoms with Crippen LogP contribution in [-0.2, 0) is 20.9 Å². The van der Waals surface area contributed by atoms with Crippen molar-refractivity contribution >= 4 is 35.1 Å². The van der Waals surface area contributed by atoms with Gasteiger partial charge in [0.2, 0.25) is 11.8 Å². The van der Waals surface area contributed by atoms with E-state index in [4.69, 9.17) is 0 Å². The van der Waals surface area contributed by atoms with Crippen LogP contribution in [0.2, 0.25) is 0 Å². The van der Waals surface area contributed by atoms with Gasteiger partial charge in [0.15, 0.2) is 0 Å². The average molecular weight is 457 g/mol. The van der Waals surface area contributed by atoms with Gasteiger partial charge in [0, 0.05) is 24.8 Å². The summed E-state index contributed by atoms with van der Waals surface area (Å²) < 4.78 is 0. The SMILES string of the molecule is CC(=O)Nc1cccc(NC(=O)CN2C(=O)C(c3ccccc3)N(Cc3ccccc3)C2=O)c1. The van der Waals surface area contributed by atoms with E-state index in [2.05, 4.69) is 10.6 Å². The third-order valence-electron chi connectivity index (χ3n) is 5.37. The predicted octanol–water partition coefficient (Wildman–Crippen LogP) is 3.79. The fraction of sp³-hybridized carbons (Fsp3) is 0.154. The summed E-state index contributed by atoms with van der Waals surface area (Å²) in [6.07, 6.45) is 0. The lowest BCUT2D eigenvalue weighted by molar-refractivity contribution is -0.131. The first-order valence-corrected chi connectivity index (χ1v) is 10.8. The van der Waals surface area contributed by atoms with Crippen molar-refractivity contribution in [3.63, 3.8) is 0 Å². The van der Waals surface area contributed by atoms with E-state index < -0.39 is 30.4 Å². The Morgan fingerprint density at radius 2 is 1.44 bits per heavy atom. The van der Waals surface area contributed by atoms with E-state index in [-0.39, 0.29) is 12.5 Å². The number of anilines is 2. The number of hydrogen-bond donors (Lipinski definition) is 2. The van der Waals surface area contributed by atoms with E-state index in [0.29, 0.717) is 16.9 Å². The third-order valence-corrected chi connectivity index (χ3v) is 5.37. The highest BCUT2D eigenvalue weighted by Crippen LogP contribution is 2.32. The summed E-state index contributed by atoms with van der Waals surface area (Å²) in [5.74, 6) is -1.20. The molecule has 3 aromatic rings. The third kappa shape index (κ3) is 5.12. The van der Waals surface area contributed by atoms with Crippen molar-refractivity contribution in [2.75, 3.05) is 17.2 Å². The molecule has 172 valence electrons. The Balaban J connectivity index is 1.53. The number of imide groups is 1. The molecule has 4 rings (SSSR count). The quantitative estimate of drug-likeness (QED) is 0.529. The number of urea groups is 1. The van der Waals surface area contributed by atoms with Gasteiger partial charge >= 0.3 is 6.03 Å². The molecule has 3 aromatic carbocycles. The highest BCUT2D eigenvalue weighted by Gasteiger charge is 2.46. The lowest BCUT2D eigenvalue weighted by atomic mass is 10.1. The summed E-state index contributed by atoms with van der Waals surface area (Å²) >= 11 is 0. The lowest BCUT2D eigenvalue weighted by Gasteiger charge is -2.22. The summed E-state index contributed by atoms with van der Waals surface area (Å²) in [6.45, 7) is 1.21. The van der Waals surface area contributed by atoms with Crippen LogP contribution < -0.4 is 10.6 Å². The maximum Gasteiger partial charge on any atom is 0.328 e. The molecular weight excluding hydrogens is 432 g/mol. The van der Waals surface area contributed by atoms with Gasteiger partial charge in [-0.3, -0.25) is 19.3 Å². The average Bonchev–Trinajstić information content (AvgIpc) is 3.04. The van der Waals surface area contributed by atoms with Crippen molar-refractivity contribution in [2.24, 2.45) is 0 Å². The first-order valence-electron chi connectivity index (χ1n) is 10.8. The zero-order chi connectivity index (χ0) is 24.1. The van der Waals surface area contributed by atoms with Gasteiger partial charge in [-0.15, -0.1) is 0 Å². The summed E-state index contributed by atoms with van der Waals surface area (Å²) in [5, 5.41) is 5.33. The largest absolute Gasteiger partial charge is 0.328 e. The Morgan fingerprint density at radius 3 is 2.09 bits per heavy atom. The van der Waals surface area contributed by atoms with Crippen LogP contribution in [0.15, 0.2) is 84.9 Å². The Kier molecular flexibility index (Phi) is 6.68. The molecule has 1 aliphatic heterocycles. The second-order valence-corrected chi connectivity index (χ2v) is 7.94. The van der Waals surface area contributed by atoms with E-state index >= 15 is 0 Å². The molecular formula is C26H24N4O4. The van der Waals surface area contributed by atoms with E-state index in [1.807, 2.05) is 48.5 Å². The number of benzene rings is 3. The molecule has 1 unspecified atom stereocenters. The minimum atomic E-state index is -0.815. The second kappa shape index (κ2) is 9.99. The molecule has 0 aliphatic carbocycles. The van der Waals surface area contributed by atoms with Crippen molar-refractivity contribution in [3.8, 4) is 0 Å². The molecule has 0 radical (unpaired) electrons. The van der Waals surface area contributed by atoms with Gasteiger partial charge < -0.3 is 15.5 Å². The summed E-state index contributed by atoms with van der Waals surface area (Å²) in [6, 6.07) is 23.7. The van der Waals surface area contributed by atoms with Gasteiger partial charge in [-0.05, 0) is 29.3 Å². The standard InChI is InChI=1S/C26H24N4O4/c1-18(31)27-21-13-8-14-22(15-21)28-23(32)17-30-25(33)24(20-11-6-3-7-12-20)29(26(30)34)16-19-9-4-2-5-10-19/h2-15,24H,16-17H2,1H3,(H,27,31)(H,28,32). The minimum Gasteiger partial charge on any atom is -0.326 e. The van der Waals surface area contributed by atoms with Crippen LogP contribution in [0.1, 0.15) is 24.1 Å².